The summed E-state index contributed by atoms with van der Waals surface area (Å²) in [6.45, 7) is 11.8. The Bertz CT molecular complexity index is 332. The van der Waals surface area contributed by atoms with E-state index in [-0.39, 0.29) is 0 Å². The molecule has 1 N–H and O–H groups in total. The van der Waals surface area contributed by atoms with Crippen molar-refractivity contribution in [2.24, 2.45) is 5.92 Å². The molecule has 18 heavy (non-hydrogen) atoms. The van der Waals surface area contributed by atoms with Gasteiger partial charge in [0, 0.05) is 11.8 Å². The molecule has 0 aliphatic rings. The lowest BCUT2D eigenvalue weighted by molar-refractivity contribution is 0.393. The van der Waals surface area contributed by atoms with Gasteiger partial charge in [-0.2, -0.15) is 0 Å². The van der Waals surface area contributed by atoms with E-state index in [1.807, 2.05) is 13.8 Å². The Balaban J connectivity index is 2.50. The molecule has 0 bridgehead atoms. The van der Waals surface area contributed by atoms with Gasteiger partial charge in [-0.25, -0.2) is 4.98 Å². The maximum absolute atomic E-state index is 5.61. The molecule has 1 aromatic rings. The number of nitrogens with one attached hydrogen (secondary N) is 1. The molecule has 2 atom stereocenters. The van der Waals surface area contributed by atoms with Gasteiger partial charge in [0.25, 0.3) is 5.22 Å². The van der Waals surface area contributed by atoms with Crippen molar-refractivity contribution < 1.29 is 4.42 Å². The minimum Gasteiger partial charge on any atom is -0.437 e. The lowest BCUT2D eigenvalue weighted by Crippen LogP contribution is -2.37. The van der Waals surface area contributed by atoms with Crippen LogP contribution in [-0.4, -0.2) is 23.3 Å². The smallest absolute Gasteiger partial charge is 0.256 e. The molecule has 4 heteroatoms. The third kappa shape index (κ3) is 4.65. The Morgan fingerprint density at radius 1 is 1.33 bits per heavy atom. The molecule has 0 saturated carbocycles. The Labute approximate surface area is 115 Å². The van der Waals surface area contributed by atoms with Gasteiger partial charge in [-0.05, 0) is 32.7 Å². The van der Waals surface area contributed by atoms with Crippen LogP contribution in [-0.2, 0) is 0 Å². The van der Waals surface area contributed by atoms with E-state index >= 15 is 0 Å². The molecular weight excluding hydrogens is 244 g/mol. The number of nitrogens with zero attached hydrogens (tertiary/aromatic N) is 1. The van der Waals surface area contributed by atoms with Crippen LogP contribution in [0.2, 0.25) is 0 Å². The van der Waals surface area contributed by atoms with E-state index in [4.69, 9.17) is 4.42 Å². The Hall–Kier alpha value is -0.480. The second kappa shape index (κ2) is 7.85. The van der Waals surface area contributed by atoms with Crippen molar-refractivity contribution in [3.63, 3.8) is 0 Å². The summed E-state index contributed by atoms with van der Waals surface area (Å²) < 4.78 is 5.61. The van der Waals surface area contributed by atoms with E-state index < -0.39 is 0 Å². The highest BCUT2D eigenvalue weighted by molar-refractivity contribution is 7.99. The summed E-state index contributed by atoms with van der Waals surface area (Å²) in [5.41, 5.74) is 0.999. The van der Waals surface area contributed by atoms with Crippen LogP contribution < -0.4 is 5.32 Å². The molecule has 3 nitrogen and oxygen atoms in total. The molecule has 1 rings (SSSR count). The lowest BCUT2D eigenvalue weighted by atomic mass is 10.0. The zero-order chi connectivity index (χ0) is 13.5. The molecule has 1 aromatic heterocycles. The summed E-state index contributed by atoms with van der Waals surface area (Å²) in [5.74, 6) is 2.63. The summed E-state index contributed by atoms with van der Waals surface area (Å²) in [5, 5.41) is 4.42. The van der Waals surface area contributed by atoms with Crippen molar-refractivity contribution >= 4 is 11.8 Å². The van der Waals surface area contributed by atoms with Crippen LogP contribution in [0.3, 0.4) is 0 Å². The van der Waals surface area contributed by atoms with Crippen LogP contribution in [0.15, 0.2) is 9.64 Å². The second-order valence-electron chi connectivity index (χ2n) is 4.88. The fourth-order valence-electron chi connectivity index (χ4n) is 1.70. The van der Waals surface area contributed by atoms with Gasteiger partial charge in [-0.15, -0.1) is 0 Å². The summed E-state index contributed by atoms with van der Waals surface area (Å²) in [4.78, 5) is 4.42. The van der Waals surface area contributed by atoms with Crippen molar-refractivity contribution in [1.29, 1.82) is 0 Å². The van der Waals surface area contributed by atoms with Crippen LogP contribution in [0, 0.1) is 19.8 Å². The molecule has 0 aliphatic carbocycles. The van der Waals surface area contributed by atoms with Gasteiger partial charge in [0.1, 0.15) is 5.76 Å². The van der Waals surface area contributed by atoms with Gasteiger partial charge in [0.15, 0.2) is 0 Å². The quantitative estimate of drug-likeness (QED) is 0.729. The fourth-order valence-corrected chi connectivity index (χ4v) is 2.86. The largest absolute Gasteiger partial charge is 0.437 e. The monoisotopic (exact) mass is 270 g/mol. The first-order valence-corrected chi connectivity index (χ1v) is 7.87. The van der Waals surface area contributed by atoms with E-state index in [0.717, 1.165) is 29.0 Å². The van der Waals surface area contributed by atoms with Gasteiger partial charge in [-0.3, -0.25) is 0 Å². The van der Waals surface area contributed by atoms with E-state index in [2.05, 4.69) is 31.1 Å². The van der Waals surface area contributed by atoms with Crippen LogP contribution in [0.5, 0.6) is 0 Å². The third-order valence-electron chi connectivity index (χ3n) is 3.38. The van der Waals surface area contributed by atoms with Gasteiger partial charge >= 0.3 is 0 Å². The van der Waals surface area contributed by atoms with E-state index in [0.29, 0.717) is 12.0 Å². The second-order valence-corrected chi connectivity index (χ2v) is 5.85. The Kier molecular flexibility index (Phi) is 6.79. The zero-order valence-electron chi connectivity index (χ0n) is 12.2. The summed E-state index contributed by atoms with van der Waals surface area (Å²) in [6, 6.07) is 0.535. The number of oxazole rings is 1. The van der Waals surface area contributed by atoms with Crippen molar-refractivity contribution in [2.45, 2.75) is 58.7 Å². The van der Waals surface area contributed by atoms with Crippen molar-refractivity contribution in [3.05, 3.63) is 11.5 Å². The Morgan fingerprint density at radius 2 is 2.06 bits per heavy atom. The van der Waals surface area contributed by atoms with Crippen molar-refractivity contribution in [3.8, 4) is 0 Å². The first kappa shape index (κ1) is 15.6. The van der Waals surface area contributed by atoms with E-state index in [1.54, 1.807) is 11.8 Å². The van der Waals surface area contributed by atoms with E-state index in [9.17, 15) is 0 Å². The maximum atomic E-state index is 5.61. The summed E-state index contributed by atoms with van der Waals surface area (Å²) in [6.07, 6.45) is 2.38. The summed E-state index contributed by atoms with van der Waals surface area (Å²) in [7, 11) is 0. The first-order valence-electron chi connectivity index (χ1n) is 6.88. The number of hydrogen-bond donors (Lipinski definition) is 1. The van der Waals surface area contributed by atoms with Crippen LogP contribution in [0.25, 0.3) is 0 Å². The molecule has 0 amide bonds. The number of hydrogen-bond acceptors (Lipinski definition) is 4. The average molecular weight is 270 g/mol. The van der Waals surface area contributed by atoms with Gasteiger partial charge in [0.05, 0.1) is 5.69 Å². The molecule has 0 aromatic carbocycles. The molecule has 0 fully saturated rings. The van der Waals surface area contributed by atoms with Crippen LogP contribution in [0.1, 0.15) is 45.1 Å². The molecule has 0 aliphatic heterocycles. The fraction of sp³-hybridized carbons (Fsp3) is 0.786. The number of aromatic nitrogens is 1. The lowest BCUT2D eigenvalue weighted by Gasteiger charge is -2.23. The van der Waals surface area contributed by atoms with Gasteiger partial charge in [0.2, 0.25) is 0 Å². The molecule has 1 heterocycles. The minimum atomic E-state index is 0.535. The highest BCUT2D eigenvalue weighted by Crippen LogP contribution is 2.23. The minimum absolute atomic E-state index is 0.535. The standard InChI is InChI=1S/C14H26N2OS/c1-6-8-15-13(10(3)7-2)9-18-14-16-11(4)12(5)17-14/h10,13,15H,6-9H2,1-5H3. The zero-order valence-corrected chi connectivity index (χ0v) is 13.1. The summed E-state index contributed by atoms with van der Waals surface area (Å²) >= 11 is 1.72. The number of aryl methyl sites for hydroxylation is 2. The van der Waals surface area contributed by atoms with Gasteiger partial charge in [-0.1, -0.05) is 39.0 Å². The molecule has 0 saturated heterocycles. The van der Waals surface area contributed by atoms with Crippen molar-refractivity contribution in [1.82, 2.24) is 10.3 Å². The molecule has 104 valence electrons. The third-order valence-corrected chi connectivity index (χ3v) is 4.33. The molecule has 0 spiro atoms. The number of rotatable bonds is 8. The highest BCUT2D eigenvalue weighted by Gasteiger charge is 2.17. The SMILES string of the molecule is CCCNC(CSc1nc(C)c(C)o1)C(C)CC. The highest BCUT2D eigenvalue weighted by atomic mass is 32.2. The van der Waals surface area contributed by atoms with Gasteiger partial charge < -0.3 is 9.73 Å². The Morgan fingerprint density at radius 3 is 2.56 bits per heavy atom. The van der Waals surface area contributed by atoms with Crippen molar-refractivity contribution in [2.75, 3.05) is 12.3 Å². The van der Waals surface area contributed by atoms with Crippen LogP contribution >= 0.6 is 11.8 Å². The van der Waals surface area contributed by atoms with E-state index in [1.165, 1.54) is 12.8 Å². The first-order chi connectivity index (χ1) is 8.58. The predicted octanol–water partition coefficient (Wildman–Crippen LogP) is 3.80. The molecular formula is C14H26N2OS. The topological polar surface area (TPSA) is 38.1 Å². The molecule has 2 unspecified atom stereocenters. The molecule has 0 radical (unpaired) electrons. The maximum Gasteiger partial charge on any atom is 0.256 e. The van der Waals surface area contributed by atoms with Crippen LogP contribution in [0.4, 0.5) is 0 Å². The number of thioether (sulfide) groups is 1. The predicted molar refractivity (Wildman–Crippen MR) is 78.2 cm³/mol. The normalized spacial score (nSPS) is 14.7. The average Bonchev–Trinajstić information content (AvgIpc) is 2.68.